The third-order valence-corrected chi connectivity index (χ3v) is 6.68. The third-order valence-electron chi connectivity index (χ3n) is 4.53. The van der Waals surface area contributed by atoms with E-state index in [0.717, 1.165) is 0 Å². The Kier molecular flexibility index (Phi) is 6.03. The number of hydrogen-bond acceptors (Lipinski definition) is 5. The summed E-state index contributed by atoms with van der Waals surface area (Å²) < 4.78 is 27.5. The summed E-state index contributed by atoms with van der Waals surface area (Å²) >= 11 is 0. The van der Waals surface area contributed by atoms with Gasteiger partial charge in [-0.3, -0.25) is 10.1 Å². The number of non-ortho nitro benzene ring substituents is 1. The summed E-state index contributed by atoms with van der Waals surface area (Å²) in [5.41, 5.74) is 6.45. The minimum Gasteiger partial charge on any atom is -0.327 e. The Morgan fingerprint density at radius 2 is 1.79 bits per heavy atom. The predicted octanol–water partition coefficient (Wildman–Crippen LogP) is 2.38. The highest BCUT2D eigenvalue weighted by molar-refractivity contribution is 7.89. The highest BCUT2D eigenvalue weighted by Gasteiger charge is 2.39. The number of nitro groups is 1. The molecule has 0 amide bonds. The van der Waals surface area contributed by atoms with Crippen LogP contribution in [0.5, 0.6) is 0 Å². The van der Waals surface area contributed by atoms with Crippen LogP contribution >= 0.6 is 12.4 Å². The second-order valence-electron chi connectivity index (χ2n) is 6.89. The van der Waals surface area contributed by atoms with E-state index >= 15 is 0 Å². The first kappa shape index (κ1) is 20.8. The van der Waals surface area contributed by atoms with E-state index in [1.165, 1.54) is 16.4 Å². The van der Waals surface area contributed by atoms with Crippen LogP contribution in [-0.2, 0) is 10.0 Å². The smallest absolute Gasteiger partial charge is 0.270 e. The van der Waals surface area contributed by atoms with E-state index in [9.17, 15) is 18.5 Å². The van der Waals surface area contributed by atoms with Crippen molar-refractivity contribution in [3.8, 4) is 0 Å². The van der Waals surface area contributed by atoms with Crippen LogP contribution in [-0.4, -0.2) is 36.8 Å². The maximum Gasteiger partial charge on any atom is 0.270 e. The highest BCUT2D eigenvalue weighted by atomic mass is 35.5. The molecule has 2 rings (SSSR count). The molecule has 0 aromatic heterocycles. The van der Waals surface area contributed by atoms with Gasteiger partial charge >= 0.3 is 0 Å². The van der Waals surface area contributed by atoms with Crippen molar-refractivity contribution < 1.29 is 13.3 Å². The number of benzene rings is 1. The van der Waals surface area contributed by atoms with Crippen molar-refractivity contribution in [1.29, 1.82) is 0 Å². The van der Waals surface area contributed by atoms with E-state index in [1.807, 2.05) is 13.8 Å². The van der Waals surface area contributed by atoms with Crippen LogP contribution in [0.3, 0.4) is 0 Å². The van der Waals surface area contributed by atoms with E-state index in [0.29, 0.717) is 30.6 Å². The molecule has 0 spiro atoms. The lowest BCUT2D eigenvalue weighted by molar-refractivity contribution is -0.385. The summed E-state index contributed by atoms with van der Waals surface area (Å²) in [6.07, 6.45) is 0.595. The quantitative estimate of drug-likeness (QED) is 0.642. The van der Waals surface area contributed by atoms with Gasteiger partial charge < -0.3 is 5.73 Å². The SMILES string of the molecule is Cc1cc([N+](=O)[O-])cc(C)c1S(=O)(=O)N1CCC(N)C(C)(C)C1.Cl. The number of piperidine rings is 1. The Balaban J connectivity index is 0.00000288. The van der Waals surface area contributed by atoms with Gasteiger partial charge in [0.05, 0.1) is 9.82 Å². The fraction of sp³-hybridized carbons (Fsp3) is 0.600. The molecule has 1 heterocycles. The van der Waals surface area contributed by atoms with E-state index in [2.05, 4.69) is 0 Å². The zero-order chi connectivity index (χ0) is 17.6. The molecule has 0 bridgehead atoms. The maximum atomic E-state index is 13.0. The fourth-order valence-electron chi connectivity index (χ4n) is 3.10. The van der Waals surface area contributed by atoms with Crippen LogP contribution in [0.15, 0.2) is 17.0 Å². The van der Waals surface area contributed by atoms with Gasteiger partial charge in [-0.2, -0.15) is 4.31 Å². The first-order chi connectivity index (χ1) is 10.5. The molecule has 9 heteroatoms. The molecule has 1 unspecified atom stereocenters. The summed E-state index contributed by atoms with van der Waals surface area (Å²) in [5, 5.41) is 10.9. The lowest BCUT2D eigenvalue weighted by Gasteiger charge is -2.42. The maximum absolute atomic E-state index is 13.0. The van der Waals surface area contributed by atoms with Crippen molar-refractivity contribution in [3.05, 3.63) is 33.4 Å². The lowest BCUT2D eigenvalue weighted by Crippen LogP contribution is -2.54. The van der Waals surface area contributed by atoms with Gasteiger partial charge in [-0.25, -0.2) is 8.42 Å². The number of hydrogen-bond donors (Lipinski definition) is 1. The number of rotatable bonds is 3. The summed E-state index contributed by atoms with van der Waals surface area (Å²) in [7, 11) is -3.71. The van der Waals surface area contributed by atoms with Crippen molar-refractivity contribution in [2.45, 2.75) is 45.1 Å². The zero-order valence-corrected chi connectivity index (χ0v) is 15.9. The summed E-state index contributed by atoms with van der Waals surface area (Å²) in [4.78, 5) is 10.6. The fourth-order valence-corrected chi connectivity index (χ4v) is 5.14. The van der Waals surface area contributed by atoms with Gasteiger partial charge in [-0.15, -0.1) is 12.4 Å². The van der Waals surface area contributed by atoms with Crippen molar-refractivity contribution in [1.82, 2.24) is 4.31 Å². The summed E-state index contributed by atoms with van der Waals surface area (Å²) in [6, 6.07) is 2.56. The zero-order valence-electron chi connectivity index (χ0n) is 14.3. The van der Waals surface area contributed by atoms with Crippen molar-refractivity contribution in [2.75, 3.05) is 13.1 Å². The van der Waals surface area contributed by atoms with Gasteiger partial charge in [0.25, 0.3) is 5.69 Å². The Morgan fingerprint density at radius 3 is 2.21 bits per heavy atom. The number of nitrogens with two attached hydrogens (primary N) is 1. The first-order valence-electron chi connectivity index (χ1n) is 7.48. The number of halogens is 1. The molecule has 1 aliphatic rings. The molecule has 136 valence electrons. The van der Waals surface area contributed by atoms with Crippen LogP contribution in [0.1, 0.15) is 31.4 Å². The van der Waals surface area contributed by atoms with Crippen molar-refractivity contribution in [3.63, 3.8) is 0 Å². The molecule has 1 atom stereocenters. The van der Waals surface area contributed by atoms with Gasteiger partial charge in [0, 0.05) is 31.3 Å². The molecular weight excluding hydrogens is 354 g/mol. The molecule has 1 aromatic rings. The standard InChI is InChI=1S/C15H23N3O4S.ClH/c1-10-7-12(18(19)20)8-11(2)14(10)23(21,22)17-6-5-13(16)15(3,4)9-17;/h7-8,13H,5-6,9,16H2,1-4H3;1H. The third kappa shape index (κ3) is 3.72. The van der Waals surface area contributed by atoms with Crippen LogP contribution in [0.4, 0.5) is 5.69 Å². The molecule has 1 aromatic carbocycles. The number of nitrogens with zero attached hydrogens (tertiary/aromatic N) is 2. The van der Waals surface area contributed by atoms with Gasteiger partial charge in [-0.05, 0) is 36.8 Å². The Labute approximate surface area is 148 Å². The number of sulfonamides is 1. The van der Waals surface area contributed by atoms with Crippen LogP contribution in [0, 0.1) is 29.4 Å². The van der Waals surface area contributed by atoms with E-state index in [-0.39, 0.29) is 34.4 Å². The lowest BCUT2D eigenvalue weighted by atomic mass is 9.81. The van der Waals surface area contributed by atoms with Crippen molar-refractivity contribution >= 4 is 28.1 Å². The molecule has 1 saturated heterocycles. The average molecular weight is 378 g/mol. The second-order valence-corrected chi connectivity index (χ2v) is 8.76. The normalized spacial score (nSPS) is 21.1. The van der Waals surface area contributed by atoms with Gasteiger partial charge in [0.15, 0.2) is 0 Å². The molecule has 7 nitrogen and oxygen atoms in total. The predicted molar refractivity (Wildman–Crippen MR) is 95.0 cm³/mol. The van der Waals surface area contributed by atoms with Gasteiger partial charge in [-0.1, -0.05) is 13.8 Å². The largest absolute Gasteiger partial charge is 0.327 e. The van der Waals surface area contributed by atoms with E-state index in [4.69, 9.17) is 5.73 Å². The minimum atomic E-state index is -3.71. The topological polar surface area (TPSA) is 107 Å². The first-order valence-corrected chi connectivity index (χ1v) is 8.92. The van der Waals surface area contributed by atoms with Crippen LogP contribution in [0.25, 0.3) is 0 Å². The summed E-state index contributed by atoms with van der Waals surface area (Å²) in [5.74, 6) is 0. The molecular formula is C15H24ClN3O4S. The highest BCUT2D eigenvalue weighted by Crippen LogP contribution is 2.34. The molecule has 0 aliphatic carbocycles. The average Bonchev–Trinajstić information content (AvgIpc) is 2.40. The Hall–Kier alpha value is -1.22. The van der Waals surface area contributed by atoms with Crippen LogP contribution in [0.2, 0.25) is 0 Å². The van der Waals surface area contributed by atoms with Crippen molar-refractivity contribution in [2.24, 2.45) is 11.1 Å². The minimum absolute atomic E-state index is 0. The van der Waals surface area contributed by atoms with E-state index < -0.39 is 14.9 Å². The molecule has 1 fully saturated rings. The Morgan fingerprint density at radius 1 is 1.29 bits per heavy atom. The molecule has 1 aliphatic heterocycles. The van der Waals surface area contributed by atoms with Crippen LogP contribution < -0.4 is 5.73 Å². The molecule has 2 N–H and O–H groups in total. The second kappa shape index (κ2) is 6.95. The number of nitro benzene ring substituents is 1. The number of aryl methyl sites for hydroxylation is 2. The van der Waals surface area contributed by atoms with E-state index in [1.54, 1.807) is 13.8 Å². The molecule has 0 radical (unpaired) electrons. The molecule has 0 saturated carbocycles. The van der Waals surface area contributed by atoms with Gasteiger partial charge in [0.1, 0.15) is 0 Å². The monoisotopic (exact) mass is 377 g/mol. The Bertz CT molecular complexity index is 726. The molecule has 24 heavy (non-hydrogen) atoms. The van der Waals surface area contributed by atoms with Gasteiger partial charge in [0.2, 0.25) is 10.0 Å². The summed E-state index contributed by atoms with van der Waals surface area (Å²) in [6.45, 7) is 7.79.